The molecule has 2 rings (SSSR count). The van der Waals surface area contributed by atoms with Crippen LogP contribution in [0.4, 0.5) is 5.69 Å². The van der Waals surface area contributed by atoms with Crippen LogP contribution in [-0.2, 0) is 4.74 Å². The smallest absolute Gasteiger partial charge is 0.188 e. The number of nitrogens with zero attached hydrogens (tertiary/aromatic N) is 1. The van der Waals surface area contributed by atoms with Gasteiger partial charge in [-0.3, -0.25) is 0 Å². The molecular formula is C11H13NO. The standard InChI is InChI=1S/C11H13NO/c1-9-4-6-10(7-5-9)12-11-3-2-8-13-11/h4-7H,2-3,8H2,1H3. The topological polar surface area (TPSA) is 21.6 Å². The first kappa shape index (κ1) is 8.30. The van der Waals surface area contributed by atoms with Gasteiger partial charge in [0.05, 0.1) is 12.3 Å². The minimum atomic E-state index is 0.824. The Balaban J connectivity index is 2.17. The van der Waals surface area contributed by atoms with Gasteiger partial charge in [0.1, 0.15) is 0 Å². The van der Waals surface area contributed by atoms with Crippen molar-refractivity contribution in [1.29, 1.82) is 0 Å². The minimum absolute atomic E-state index is 0.824. The lowest BCUT2D eigenvalue weighted by Gasteiger charge is -1.98. The zero-order chi connectivity index (χ0) is 9.10. The van der Waals surface area contributed by atoms with Gasteiger partial charge in [0.2, 0.25) is 0 Å². The predicted octanol–water partition coefficient (Wildman–Crippen LogP) is 2.84. The van der Waals surface area contributed by atoms with E-state index in [0.717, 1.165) is 31.0 Å². The normalized spacial score (nSPS) is 19.0. The number of benzene rings is 1. The SMILES string of the molecule is Cc1ccc(N=C2CCCO2)cc1. The molecule has 1 fully saturated rings. The first-order valence-electron chi connectivity index (χ1n) is 4.61. The monoisotopic (exact) mass is 175 g/mol. The van der Waals surface area contributed by atoms with E-state index in [1.165, 1.54) is 5.56 Å². The fraction of sp³-hybridized carbons (Fsp3) is 0.364. The Morgan fingerprint density at radius 1 is 1.23 bits per heavy atom. The maximum absolute atomic E-state index is 5.34. The van der Waals surface area contributed by atoms with Gasteiger partial charge in [0, 0.05) is 6.42 Å². The van der Waals surface area contributed by atoms with E-state index >= 15 is 0 Å². The Bertz CT molecular complexity index is 305. The van der Waals surface area contributed by atoms with Gasteiger partial charge in [-0.05, 0) is 25.5 Å². The first-order valence-corrected chi connectivity index (χ1v) is 4.61. The molecule has 1 aromatic rings. The van der Waals surface area contributed by atoms with Crippen molar-refractivity contribution in [2.24, 2.45) is 4.99 Å². The summed E-state index contributed by atoms with van der Waals surface area (Å²) in [7, 11) is 0. The molecule has 0 bridgehead atoms. The summed E-state index contributed by atoms with van der Waals surface area (Å²) in [5, 5.41) is 0. The van der Waals surface area contributed by atoms with Crippen molar-refractivity contribution in [3.8, 4) is 0 Å². The molecule has 13 heavy (non-hydrogen) atoms. The van der Waals surface area contributed by atoms with E-state index in [0.29, 0.717) is 0 Å². The van der Waals surface area contributed by atoms with Gasteiger partial charge >= 0.3 is 0 Å². The molecule has 1 aliphatic heterocycles. The van der Waals surface area contributed by atoms with E-state index < -0.39 is 0 Å². The van der Waals surface area contributed by atoms with Crippen molar-refractivity contribution < 1.29 is 4.74 Å². The van der Waals surface area contributed by atoms with Crippen LogP contribution in [0.2, 0.25) is 0 Å². The minimum Gasteiger partial charge on any atom is -0.481 e. The highest BCUT2D eigenvalue weighted by Gasteiger charge is 2.08. The average molecular weight is 175 g/mol. The van der Waals surface area contributed by atoms with Crippen LogP contribution in [0.15, 0.2) is 29.3 Å². The van der Waals surface area contributed by atoms with Gasteiger partial charge in [-0.2, -0.15) is 0 Å². The Hall–Kier alpha value is -1.31. The summed E-state index contributed by atoms with van der Waals surface area (Å²) in [6, 6.07) is 8.16. The van der Waals surface area contributed by atoms with Gasteiger partial charge in [-0.1, -0.05) is 17.7 Å². The number of aliphatic imine (C=N–C) groups is 1. The van der Waals surface area contributed by atoms with E-state index in [1.807, 2.05) is 12.1 Å². The number of hydrogen-bond acceptors (Lipinski definition) is 2. The third kappa shape index (κ3) is 2.08. The number of hydrogen-bond donors (Lipinski definition) is 0. The van der Waals surface area contributed by atoms with Gasteiger partial charge in [-0.15, -0.1) is 0 Å². The van der Waals surface area contributed by atoms with Crippen LogP contribution in [0.25, 0.3) is 0 Å². The highest BCUT2D eigenvalue weighted by atomic mass is 16.5. The summed E-state index contributed by atoms with van der Waals surface area (Å²) in [6.45, 7) is 2.90. The molecule has 68 valence electrons. The Kier molecular flexibility index (Phi) is 2.30. The molecule has 0 atom stereocenters. The average Bonchev–Trinajstić information content (AvgIpc) is 2.62. The summed E-state index contributed by atoms with van der Waals surface area (Å²) in [4.78, 5) is 4.39. The first-order chi connectivity index (χ1) is 6.34. The van der Waals surface area contributed by atoms with Crippen molar-refractivity contribution >= 4 is 11.6 Å². The Labute approximate surface area is 78.3 Å². The molecule has 1 saturated heterocycles. The fourth-order valence-electron chi connectivity index (χ4n) is 1.34. The molecule has 0 saturated carbocycles. The third-order valence-electron chi connectivity index (χ3n) is 2.09. The number of ether oxygens (including phenoxy) is 1. The van der Waals surface area contributed by atoms with E-state index in [1.54, 1.807) is 0 Å². The van der Waals surface area contributed by atoms with Crippen LogP contribution in [0, 0.1) is 6.92 Å². The lowest BCUT2D eigenvalue weighted by atomic mass is 10.2. The lowest BCUT2D eigenvalue weighted by Crippen LogP contribution is -1.91. The molecule has 0 amide bonds. The van der Waals surface area contributed by atoms with Crippen LogP contribution in [0.5, 0.6) is 0 Å². The molecule has 1 heterocycles. The van der Waals surface area contributed by atoms with Crippen molar-refractivity contribution in [3.05, 3.63) is 29.8 Å². The van der Waals surface area contributed by atoms with E-state index in [-0.39, 0.29) is 0 Å². The quantitative estimate of drug-likeness (QED) is 0.643. The summed E-state index contributed by atoms with van der Waals surface area (Å²) >= 11 is 0. The summed E-state index contributed by atoms with van der Waals surface area (Å²) in [5.41, 5.74) is 2.25. The molecule has 1 aliphatic rings. The molecule has 1 aromatic carbocycles. The molecule has 0 aliphatic carbocycles. The van der Waals surface area contributed by atoms with Crippen LogP contribution in [-0.4, -0.2) is 12.5 Å². The second-order valence-corrected chi connectivity index (χ2v) is 3.29. The third-order valence-corrected chi connectivity index (χ3v) is 2.09. The lowest BCUT2D eigenvalue weighted by molar-refractivity contribution is 0.344. The zero-order valence-electron chi connectivity index (χ0n) is 7.79. The van der Waals surface area contributed by atoms with Crippen molar-refractivity contribution in [3.63, 3.8) is 0 Å². The summed E-state index contributed by atoms with van der Waals surface area (Å²) in [6.07, 6.45) is 2.08. The van der Waals surface area contributed by atoms with E-state index in [4.69, 9.17) is 4.74 Å². The molecule has 2 nitrogen and oxygen atoms in total. The van der Waals surface area contributed by atoms with E-state index in [9.17, 15) is 0 Å². The highest BCUT2D eigenvalue weighted by molar-refractivity contribution is 5.80. The van der Waals surface area contributed by atoms with Gasteiger partial charge in [0.15, 0.2) is 5.90 Å². The largest absolute Gasteiger partial charge is 0.481 e. The molecule has 0 spiro atoms. The van der Waals surface area contributed by atoms with Crippen molar-refractivity contribution in [2.75, 3.05) is 6.61 Å². The predicted molar refractivity (Wildman–Crippen MR) is 53.5 cm³/mol. The second-order valence-electron chi connectivity index (χ2n) is 3.29. The highest BCUT2D eigenvalue weighted by Crippen LogP contribution is 2.16. The number of aryl methyl sites for hydroxylation is 1. The van der Waals surface area contributed by atoms with Crippen LogP contribution in [0.3, 0.4) is 0 Å². The Morgan fingerprint density at radius 2 is 2.00 bits per heavy atom. The molecule has 0 aromatic heterocycles. The van der Waals surface area contributed by atoms with Crippen molar-refractivity contribution in [2.45, 2.75) is 19.8 Å². The fourth-order valence-corrected chi connectivity index (χ4v) is 1.34. The number of rotatable bonds is 1. The van der Waals surface area contributed by atoms with Crippen molar-refractivity contribution in [1.82, 2.24) is 0 Å². The van der Waals surface area contributed by atoms with E-state index in [2.05, 4.69) is 24.0 Å². The van der Waals surface area contributed by atoms with Crippen LogP contribution >= 0.6 is 0 Å². The van der Waals surface area contributed by atoms with Gasteiger partial charge < -0.3 is 4.74 Å². The molecule has 0 unspecified atom stereocenters. The molecule has 0 radical (unpaired) electrons. The molecule has 0 N–H and O–H groups in total. The summed E-state index contributed by atoms with van der Waals surface area (Å²) < 4.78 is 5.34. The maximum Gasteiger partial charge on any atom is 0.188 e. The second kappa shape index (κ2) is 3.60. The van der Waals surface area contributed by atoms with Gasteiger partial charge in [0.25, 0.3) is 0 Å². The van der Waals surface area contributed by atoms with Crippen LogP contribution in [0.1, 0.15) is 18.4 Å². The zero-order valence-corrected chi connectivity index (χ0v) is 7.79. The molecule has 2 heteroatoms. The summed E-state index contributed by atoms with van der Waals surface area (Å²) in [5.74, 6) is 0.879. The Morgan fingerprint density at radius 3 is 2.62 bits per heavy atom. The molecular weight excluding hydrogens is 162 g/mol. The maximum atomic E-state index is 5.34. The van der Waals surface area contributed by atoms with Gasteiger partial charge in [-0.25, -0.2) is 4.99 Å². The van der Waals surface area contributed by atoms with Crippen LogP contribution < -0.4 is 0 Å².